The SMILES string of the molecule is COc1cccc(-n2c(N3CCC(C(=O)NCCc4cccs4)CC3)nc3ccsc3c2=O)c1. The Labute approximate surface area is 205 Å². The fourth-order valence-electron chi connectivity index (χ4n) is 4.34. The zero-order valence-corrected chi connectivity index (χ0v) is 20.5. The molecule has 1 fully saturated rings. The van der Waals surface area contributed by atoms with Gasteiger partial charge in [-0.3, -0.25) is 9.59 Å². The Balaban J connectivity index is 1.34. The van der Waals surface area contributed by atoms with Gasteiger partial charge in [0.05, 0.1) is 18.3 Å². The molecule has 176 valence electrons. The molecule has 1 N–H and O–H groups in total. The van der Waals surface area contributed by atoms with Crippen LogP contribution in [0.15, 0.2) is 58.0 Å². The predicted octanol–water partition coefficient (Wildman–Crippen LogP) is 4.09. The van der Waals surface area contributed by atoms with E-state index in [4.69, 9.17) is 9.72 Å². The van der Waals surface area contributed by atoms with Gasteiger partial charge in [0, 0.05) is 36.5 Å². The molecule has 0 bridgehead atoms. The number of methoxy groups -OCH3 is 1. The van der Waals surface area contributed by atoms with Gasteiger partial charge in [-0.15, -0.1) is 22.7 Å². The molecule has 0 unspecified atom stereocenters. The summed E-state index contributed by atoms with van der Waals surface area (Å²) in [6, 6.07) is 13.5. The molecule has 0 spiro atoms. The van der Waals surface area contributed by atoms with Crippen molar-refractivity contribution in [1.29, 1.82) is 0 Å². The first-order valence-electron chi connectivity index (χ1n) is 11.3. The number of piperidine rings is 1. The largest absolute Gasteiger partial charge is 0.497 e. The number of ether oxygens (including phenoxy) is 1. The number of hydrogen-bond acceptors (Lipinski definition) is 7. The van der Waals surface area contributed by atoms with Gasteiger partial charge < -0.3 is 15.0 Å². The number of carbonyl (C=O) groups is 1. The minimum absolute atomic E-state index is 0.0264. The van der Waals surface area contributed by atoms with Crippen LogP contribution in [0.1, 0.15) is 17.7 Å². The van der Waals surface area contributed by atoms with E-state index in [1.165, 1.54) is 16.2 Å². The topological polar surface area (TPSA) is 76.5 Å². The van der Waals surface area contributed by atoms with E-state index in [1.54, 1.807) is 23.0 Å². The zero-order chi connectivity index (χ0) is 23.5. The summed E-state index contributed by atoms with van der Waals surface area (Å²) in [6.07, 6.45) is 2.31. The van der Waals surface area contributed by atoms with Crippen molar-refractivity contribution in [2.75, 3.05) is 31.6 Å². The molecule has 0 saturated carbocycles. The second-order valence-corrected chi connectivity index (χ2v) is 10.2. The molecule has 1 amide bonds. The van der Waals surface area contributed by atoms with Crippen molar-refractivity contribution in [2.45, 2.75) is 19.3 Å². The lowest BCUT2D eigenvalue weighted by molar-refractivity contribution is -0.125. The van der Waals surface area contributed by atoms with Gasteiger partial charge in [0.25, 0.3) is 5.56 Å². The lowest BCUT2D eigenvalue weighted by Crippen LogP contribution is -2.43. The van der Waals surface area contributed by atoms with E-state index in [-0.39, 0.29) is 17.4 Å². The van der Waals surface area contributed by atoms with E-state index in [9.17, 15) is 9.59 Å². The third-order valence-electron chi connectivity index (χ3n) is 6.17. The summed E-state index contributed by atoms with van der Waals surface area (Å²) in [7, 11) is 1.61. The van der Waals surface area contributed by atoms with E-state index in [0.29, 0.717) is 41.5 Å². The number of benzene rings is 1. The van der Waals surface area contributed by atoms with Crippen molar-refractivity contribution in [3.63, 3.8) is 0 Å². The number of fused-ring (bicyclic) bond motifs is 1. The number of amides is 1. The van der Waals surface area contributed by atoms with Gasteiger partial charge in [0.1, 0.15) is 10.4 Å². The standard InChI is InChI=1S/C25H26N4O3S2/c1-32-19-5-2-4-18(16-19)29-24(31)22-21(10-15-34-22)27-25(29)28-12-8-17(9-13-28)23(30)26-11-7-20-6-3-14-33-20/h2-6,10,14-17H,7-9,11-13H2,1H3,(H,26,30). The number of nitrogens with one attached hydrogen (secondary N) is 1. The van der Waals surface area contributed by atoms with Crippen molar-refractivity contribution in [1.82, 2.24) is 14.9 Å². The van der Waals surface area contributed by atoms with E-state index < -0.39 is 0 Å². The normalized spacial score (nSPS) is 14.4. The van der Waals surface area contributed by atoms with Crippen molar-refractivity contribution in [2.24, 2.45) is 5.92 Å². The quantitative estimate of drug-likeness (QED) is 0.419. The highest BCUT2D eigenvalue weighted by molar-refractivity contribution is 7.17. The Morgan fingerprint density at radius 2 is 2.00 bits per heavy atom. The molecule has 7 nitrogen and oxygen atoms in total. The Morgan fingerprint density at radius 3 is 2.76 bits per heavy atom. The minimum atomic E-state index is -0.0864. The Morgan fingerprint density at radius 1 is 1.15 bits per heavy atom. The zero-order valence-electron chi connectivity index (χ0n) is 18.9. The van der Waals surface area contributed by atoms with Crippen LogP contribution in [0.25, 0.3) is 15.9 Å². The molecular weight excluding hydrogens is 468 g/mol. The van der Waals surface area contributed by atoms with Gasteiger partial charge in [-0.05, 0) is 54.3 Å². The first-order chi connectivity index (χ1) is 16.6. The van der Waals surface area contributed by atoms with E-state index in [0.717, 1.165) is 24.9 Å². The van der Waals surface area contributed by atoms with E-state index in [1.807, 2.05) is 41.8 Å². The van der Waals surface area contributed by atoms with Gasteiger partial charge in [-0.2, -0.15) is 0 Å². The maximum absolute atomic E-state index is 13.4. The highest BCUT2D eigenvalue weighted by Gasteiger charge is 2.28. The summed E-state index contributed by atoms with van der Waals surface area (Å²) < 4.78 is 7.68. The molecule has 1 aliphatic rings. The minimum Gasteiger partial charge on any atom is -0.497 e. The molecule has 1 aliphatic heterocycles. The molecule has 5 rings (SSSR count). The number of carbonyl (C=O) groups excluding carboxylic acids is 1. The molecule has 4 aromatic rings. The van der Waals surface area contributed by atoms with Crippen LogP contribution >= 0.6 is 22.7 Å². The fraction of sp³-hybridized carbons (Fsp3) is 0.320. The van der Waals surface area contributed by atoms with Crippen LogP contribution in [-0.2, 0) is 11.2 Å². The second kappa shape index (κ2) is 9.99. The smallest absolute Gasteiger partial charge is 0.277 e. The third-order valence-corrected chi connectivity index (χ3v) is 8.00. The average Bonchev–Trinajstić information content (AvgIpc) is 3.56. The van der Waals surface area contributed by atoms with Crippen LogP contribution in [0.2, 0.25) is 0 Å². The molecule has 34 heavy (non-hydrogen) atoms. The molecule has 4 heterocycles. The number of hydrogen-bond donors (Lipinski definition) is 1. The highest BCUT2D eigenvalue weighted by atomic mass is 32.1. The number of anilines is 1. The van der Waals surface area contributed by atoms with Crippen LogP contribution in [0.4, 0.5) is 5.95 Å². The van der Waals surface area contributed by atoms with Gasteiger partial charge in [0.2, 0.25) is 11.9 Å². The van der Waals surface area contributed by atoms with E-state index >= 15 is 0 Å². The lowest BCUT2D eigenvalue weighted by Gasteiger charge is -2.33. The molecule has 0 aliphatic carbocycles. The van der Waals surface area contributed by atoms with Crippen molar-refractivity contribution in [3.8, 4) is 11.4 Å². The van der Waals surface area contributed by atoms with Crippen LogP contribution in [-0.4, -0.2) is 42.2 Å². The monoisotopic (exact) mass is 494 g/mol. The molecule has 1 saturated heterocycles. The Kier molecular flexibility index (Phi) is 6.64. The first kappa shape index (κ1) is 22.6. The Hall–Kier alpha value is -3.17. The summed E-state index contributed by atoms with van der Waals surface area (Å²) in [6.45, 7) is 1.98. The number of thiophene rings is 2. The number of rotatable bonds is 7. The summed E-state index contributed by atoms with van der Waals surface area (Å²) in [5.41, 5.74) is 1.34. The summed E-state index contributed by atoms with van der Waals surface area (Å²) in [5, 5.41) is 7.04. The first-order valence-corrected chi connectivity index (χ1v) is 13.1. The lowest BCUT2D eigenvalue weighted by atomic mass is 9.96. The Bertz CT molecular complexity index is 1340. The molecular formula is C25H26N4O3S2. The third kappa shape index (κ3) is 4.58. The van der Waals surface area contributed by atoms with Crippen LogP contribution in [0.5, 0.6) is 5.75 Å². The van der Waals surface area contributed by atoms with Crippen LogP contribution in [0, 0.1) is 5.92 Å². The maximum Gasteiger partial charge on any atom is 0.277 e. The number of aromatic nitrogens is 2. The number of nitrogens with zero attached hydrogens (tertiary/aromatic N) is 3. The molecule has 0 radical (unpaired) electrons. The summed E-state index contributed by atoms with van der Waals surface area (Å²) in [4.78, 5) is 34.4. The van der Waals surface area contributed by atoms with Gasteiger partial charge in [-0.25, -0.2) is 9.55 Å². The molecule has 3 aromatic heterocycles. The van der Waals surface area contributed by atoms with Gasteiger partial charge in [-0.1, -0.05) is 12.1 Å². The average molecular weight is 495 g/mol. The van der Waals surface area contributed by atoms with Crippen molar-refractivity contribution < 1.29 is 9.53 Å². The molecule has 1 aromatic carbocycles. The summed E-state index contributed by atoms with van der Waals surface area (Å²) >= 11 is 3.11. The molecule has 0 atom stereocenters. The van der Waals surface area contributed by atoms with Gasteiger partial charge in [0.15, 0.2) is 0 Å². The van der Waals surface area contributed by atoms with Gasteiger partial charge >= 0.3 is 0 Å². The van der Waals surface area contributed by atoms with Crippen LogP contribution < -0.4 is 20.5 Å². The van der Waals surface area contributed by atoms with Crippen molar-refractivity contribution in [3.05, 3.63) is 68.5 Å². The highest BCUT2D eigenvalue weighted by Crippen LogP contribution is 2.27. The van der Waals surface area contributed by atoms with Crippen LogP contribution in [0.3, 0.4) is 0 Å². The second-order valence-electron chi connectivity index (χ2n) is 8.27. The predicted molar refractivity (Wildman–Crippen MR) is 138 cm³/mol. The maximum atomic E-state index is 13.4. The summed E-state index contributed by atoms with van der Waals surface area (Å²) in [5.74, 6) is 1.38. The fourth-order valence-corrected chi connectivity index (χ4v) is 5.81. The van der Waals surface area contributed by atoms with Crippen molar-refractivity contribution >= 4 is 44.7 Å². The van der Waals surface area contributed by atoms with E-state index in [2.05, 4.69) is 21.7 Å². The molecule has 9 heteroatoms.